The highest BCUT2D eigenvalue weighted by Gasteiger charge is 2.22. The normalized spacial score (nSPS) is 12.2. The third kappa shape index (κ3) is 17.5. The maximum Gasteiger partial charge on any atom is 0.309 e. The molecule has 4 heteroatoms. The van der Waals surface area contributed by atoms with Crippen molar-refractivity contribution < 1.29 is 19.1 Å². The van der Waals surface area contributed by atoms with Gasteiger partial charge in [0, 0.05) is 6.42 Å². The molecule has 0 aromatic carbocycles. The van der Waals surface area contributed by atoms with Gasteiger partial charge in [-0.2, -0.15) is 0 Å². The van der Waals surface area contributed by atoms with Gasteiger partial charge in [0.2, 0.25) is 0 Å². The van der Waals surface area contributed by atoms with Crippen LogP contribution in [0, 0.1) is 11.8 Å². The van der Waals surface area contributed by atoms with Crippen LogP contribution in [0.4, 0.5) is 0 Å². The van der Waals surface area contributed by atoms with E-state index in [1.165, 1.54) is 64.2 Å². The molecule has 4 nitrogen and oxygen atoms in total. The number of rotatable bonds is 20. The lowest BCUT2D eigenvalue weighted by Crippen LogP contribution is -2.22. The predicted molar refractivity (Wildman–Crippen MR) is 121 cm³/mol. The molecule has 0 heterocycles. The van der Waals surface area contributed by atoms with Crippen LogP contribution in [0.2, 0.25) is 0 Å². The monoisotopic (exact) mass is 412 g/mol. The first-order valence-corrected chi connectivity index (χ1v) is 12.3. The Bertz CT molecular complexity index is 392. The Balaban J connectivity index is 3.37. The number of unbranched alkanes of at least 4 members (excludes halogenated alkanes) is 12. The number of carbonyl (C=O) groups is 2. The van der Waals surface area contributed by atoms with Crippen LogP contribution in [-0.2, 0) is 19.1 Å². The zero-order chi connectivity index (χ0) is 21.7. The van der Waals surface area contributed by atoms with E-state index in [-0.39, 0.29) is 17.9 Å². The lowest BCUT2D eigenvalue weighted by atomic mass is 9.90. The van der Waals surface area contributed by atoms with Crippen molar-refractivity contribution in [3.05, 3.63) is 0 Å². The standard InChI is InChI=1S/C25H48O4/c1-5-28-24(26)21-19-17-15-13-11-9-7-8-10-12-14-16-18-20-23(22(3)4)25(27)29-6-2/h22-23H,5-21H2,1-4H3. The SMILES string of the molecule is CCOC(=O)CCCCCCCCCCCCCCCC(C(=O)OCC)C(C)C. The number of hydrogen-bond donors (Lipinski definition) is 0. The number of esters is 2. The summed E-state index contributed by atoms with van der Waals surface area (Å²) in [5.74, 6) is 0.375. The topological polar surface area (TPSA) is 52.6 Å². The molecule has 0 saturated heterocycles. The van der Waals surface area contributed by atoms with Gasteiger partial charge >= 0.3 is 11.9 Å². The minimum Gasteiger partial charge on any atom is -0.466 e. The van der Waals surface area contributed by atoms with Crippen molar-refractivity contribution in [1.82, 2.24) is 0 Å². The molecule has 0 rings (SSSR count). The van der Waals surface area contributed by atoms with Crippen LogP contribution in [0.5, 0.6) is 0 Å². The van der Waals surface area contributed by atoms with E-state index in [0.717, 1.165) is 25.7 Å². The van der Waals surface area contributed by atoms with Gasteiger partial charge in [0.1, 0.15) is 0 Å². The van der Waals surface area contributed by atoms with Gasteiger partial charge in [-0.05, 0) is 32.6 Å². The van der Waals surface area contributed by atoms with Crippen LogP contribution >= 0.6 is 0 Å². The molecule has 0 aromatic heterocycles. The lowest BCUT2D eigenvalue weighted by Gasteiger charge is -2.18. The summed E-state index contributed by atoms with van der Waals surface area (Å²) in [6.07, 6.45) is 17.9. The zero-order valence-corrected chi connectivity index (χ0v) is 19.8. The molecule has 0 aliphatic carbocycles. The van der Waals surface area contributed by atoms with Gasteiger partial charge in [0.05, 0.1) is 19.1 Å². The quantitative estimate of drug-likeness (QED) is 0.156. The molecule has 1 unspecified atom stereocenters. The first-order valence-electron chi connectivity index (χ1n) is 12.3. The summed E-state index contributed by atoms with van der Waals surface area (Å²) in [6, 6.07) is 0. The maximum absolute atomic E-state index is 12.0. The summed E-state index contributed by atoms with van der Waals surface area (Å²) in [6.45, 7) is 8.94. The van der Waals surface area contributed by atoms with Gasteiger partial charge in [-0.25, -0.2) is 0 Å². The first-order chi connectivity index (χ1) is 14.0. The molecule has 0 fully saturated rings. The number of hydrogen-bond acceptors (Lipinski definition) is 4. The van der Waals surface area contributed by atoms with Crippen LogP contribution in [0.3, 0.4) is 0 Å². The van der Waals surface area contributed by atoms with Crippen molar-refractivity contribution in [2.24, 2.45) is 11.8 Å². The third-order valence-corrected chi connectivity index (χ3v) is 5.60. The molecule has 0 bridgehead atoms. The average molecular weight is 413 g/mol. The summed E-state index contributed by atoms with van der Waals surface area (Å²) >= 11 is 0. The van der Waals surface area contributed by atoms with Crippen LogP contribution in [0.1, 0.15) is 124 Å². The van der Waals surface area contributed by atoms with Gasteiger partial charge < -0.3 is 9.47 Å². The van der Waals surface area contributed by atoms with E-state index < -0.39 is 0 Å². The Morgan fingerprint density at radius 3 is 1.45 bits per heavy atom. The van der Waals surface area contributed by atoms with Crippen molar-refractivity contribution in [3.63, 3.8) is 0 Å². The van der Waals surface area contributed by atoms with E-state index in [0.29, 0.717) is 25.6 Å². The van der Waals surface area contributed by atoms with Gasteiger partial charge in [0.15, 0.2) is 0 Å². The molecule has 0 saturated carbocycles. The molecule has 0 N–H and O–H groups in total. The van der Waals surface area contributed by atoms with Crippen LogP contribution in [-0.4, -0.2) is 25.2 Å². The molecule has 1 atom stereocenters. The molecule has 0 radical (unpaired) electrons. The Hall–Kier alpha value is -1.06. The fourth-order valence-electron chi connectivity index (χ4n) is 3.78. The highest BCUT2D eigenvalue weighted by molar-refractivity contribution is 5.72. The minimum atomic E-state index is -0.0498. The second-order valence-electron chi connectivity index (χ2n) is 8.54. The zero-order valence-electron chi connectivity index (χ0n) is 19.8. The van der Waals surface area contributed by atoms with Gasteiger partial charge in [-0.1, -0.05) is 90.9 Å². The highest BCUT2D eigenvalue weighted by atomic mass is 16.5. The van der Waals surface area contributed by atoms with E-state index in [1.54, 1.807) is 0 Å². The van der Waals surface area contributed by atoms with Crippen molar-refractivity contribution >= 4 is 11.9 Å². The fourth-order valence-corrected chi connectivity index (χ4v) is 3.78. The second kappa shape index (κ2) is 20.2. The van der Waals surface area contributed by atoms with Gasteiger partial charge in [-0.3, -0.25) is 9.59 Å². The summed E-state index contributed by atoms with van der Waals surface area (Å²) in [7, 11) is 0. The third-order valence-electron chi connectivity index (χ3n) is 5.60. The molecule has 0 spiro atoms. The Kier molecular flexibility index (Phi) is 19.5. The number of ether oxygens (including phenoxy) is 2. The largest absolute Gasteiger partial charge is 0.466 e. The van der Waals surface area contributed by atoms with E-state index in [1.807, 2.05) is 13.8 Å². The number of carbonyl (C=O) groups excluding carboxylic acids is 2. The van der Waals surface area contributed by atoms with Gasteiger partial charge in [0.25, 0.3) is 0 Å². The van der Waals surface area contributed by atoms with E-state index in [9.17, 15) is 9.59 Å². The predicted octanol–water partition coefficient (Wildman–Crippen LogP) is 7.24. The summed E-state index contributed by atoms with van der Waals surface area (Å²) in [4.78, 5) is 23.2. The smallest absolute Gasteiger partial charge is 0.309 e. The molecule has 172 valence electrons. The van der Waals surface area contributed by atoms with Crippen molar-refractivity contribution in [3.8, 4) is 0 Å². The van der Waals surface area contributed by atoms with Gasteiger partial charge in [-0.15, -0.1) is 0 Å². The molecule has 29 heavy (non-hydrogen) atoms. The van der Waals surface area contributed by atoms with Crippen molar-refractivity contribution in [2.75, 3.05) is 13.2 Å². The highest BCUT2D eigenvalue weighted by Crippen LogP contribution is 2.21. The van der Waals surface area contributed by atoms with E-state index >= 15 is 0 Å². The van der Waals surface area contributed by atoms with E-state index in [4.69, 9.17) is 9.47 Å². The van der Waals surface area contributed by atoms with Crippen LogP contribution in [0.25, 0.3) is 0 Å². The minimum absolute atomic E-state index is 0.0125. The Morgan fingerprint density at radius 2 is 1.03 bits per heavy atom. The van der Waals surface area contributed by atoms with Crippen molar-refractivity contribution in [1.29, 1.82) is 0 Å². The summed E-state index contributed by atoms with van der Waals surface area (Å²) < 4.78 is 10.1. The Morgan fingerprint density at radius 1 is 0.621 bits per heavy atom. The summed E-state index contributed by atoms with van der Waals surface area (Å²) in [5.41, 5.74) is 0. The first kappa shape index (κ1) is 27.9. The fraction of sp³-hybridized carbons (Fsp3) is 0.920. The summed E-state index contributed by atoms with van der Waals surface area (Å²) in [5, 5.41) is 0. The maximum atomic E-state index is 12.0. The molecular formula is C25H48O4. The molecule has 0 aliphatic heterocycles. The molecule has 0 amide bonds. The average Bonchev–Trinajstić information content (AvgIpc) is 2.67. The second-order valence-corrected chi connectivity index (χ2v) is 8.54. The Labute approximate surface area is 180 Å². The van der Waals surface area contributed by atoms with Crippen LogP contribution < -0.4 is 0 Å². The van der Waals surface area contributed by atoms with E-state index in [2.05, 4.69) is 13.8 Å². The molecule has 0 aromatic rings. The van der Waals surface area contributed by atoms with Crippen molar-refractivity contribution in [2.45, 2.75) is 124 Å². The van der Waals surface area contributed by atoms with Crippen LogP contribution in [0.15, 0.2) is 0 Å². The lowest BCUT2D eigenvalue weighted by molar-refractivity contribution is -0.150. The molecule has 0 aliphatic rings. The molecular weight excluding hydrogens is 364 g/mol.